The molecule has 0 saturated carbocycles. The fraction of sp³-hybridized carbons (Fsp3) is 0.333. The lowest BCUT2D eigenvalue weighted by Crippen LogP contribution is -2.40. The van der Waals surface area contributed by atoms with E-state index < -0.39 is 24.8 Å². The molecule has 4 heterocycles. The van der Waals surface area contributed by atoms with E-state index >= 15 is 0 Å². The van der Waals surface area contributed by atoms with Gasteiger partial charge >= 0.3 is 6.18 Å². The minimum absolute atomic E-state index is 0.0380. The molecule has 0 spiro atoms. The number of hydrogen-bond acceptors (Lipinski definition) is 6. The number of nitrogens with zero attached hydrogens (tertiary/aromatic N) is 5. The Morgan fingerprint density at radius 2 is 1.84 bits per heavy atom. The zero-order valence-corrected chi connectivity index (χ0v) is 20.2. The number of benzene rings is 1. The van der Waals surface area contributed by atoms with E-state index in [0.717, 1.165) is 59.9 Å². The van der Waals surface area contributed by atoms with Crippen molar-refractivity contribution in [2.24, 2.45) is 5.73 Å². The monoisotopic (exact) mass is 508 g/mol. The highest BCUT2D eigenvalue weighted by molar-refractivity contribution is 5.81. The van der Waals surface area contributed by atoms with E-state index in [-0.39, 0.29) is 12.5 Å². The number of anilines is 1. The molecule has 3 aromatic heterocycles. The van der Waals surface area contributed by atoms with Gasteiger partial charge in [-0.1, -0.05) is 18.2 Å². The zero-order chi connectivity index (χ0) is 26.0. The summed E-state index contributed by atoms with van der Waals surface area (Å²) in [7, 11) is 0. The van der Waals surface area contributed by atoms with Gasteiger partial charge in [-0.25, -0.2) is 4.98 Å². The lowest BCUT2D eigenvalue weighted by molar-refractivity contribution is -0.143. The van der Waals surface area contributed by atoms with Crippen LogP contribution in [0.2, 0.25) is 0 Å². The maximum absolute atomic E-state index is 12.4. The third kappa shape index (κ3) is 5.96. The summed E-state index contributed by atoms with van der Waals surface area (Å²) >= 11 is 0. The highest BCUT2D eigenvalue weighted by Crippen LogP contribution is 2.27. The molecule has 37 heavy (non-hydrogen) atoms. The van der Waals surface area contributed by atoms with Crippen LogP contribution in [0.3, 0.4) is 0 Å². The maximum atomic E-state index is 12.4. The van der Waals surface area contributed by atoms with Gasteiger partial charge in [0, 0.05) is 49.3 Å². The van der Waals surface area contributed by atoms with Gasteiger partial charge in [-0.15, -0.1) is 10.2 Å². The Labute approximate surface area is 212 Å². The number of alkyl halides is 3. The molecule has 2 N–H and O–H groups in total. The normalized spacial score (nSPS) is 14.9. The van der Waals surface area contributed by atoms with Gasteiger partial charge in [-0.2, -0.15) is 13.2 Å². The number of pyridine rings is 1. The van der Waals surface area contributed by atoms with Crippen LogP contribution in [0.5, 0.6) is 0 Å². The van der Waals surface area contributed by atoms with E-state index in [9.17, 15) is 18.0 Å². The lowest BCUT2D eigenvalue weighted by atomic mass is 10.0. The first-order valence-electron chi connectivity index (χ1n) is 12.2. The van der Waals surface area contributed by atoms with E-state index in [1.807, 2.05) is 47.0 Å². The summed E-state index contributed by atoms with van der Waals surface area (Å²) in [5.41, 5.74) is 10.6. The Kier molecular flexibility index (Phi) is 6.92. The number of rotatable bonds is 7. The van der Waals surface area contributed by atoms with Crippen molar-refractivity contribution in [2.75, 3.05) is 18.0 Å². The second-order valence-electron chi connectivity index (χ2n) is 9.42. The molecule has 10 heteroatoms. The van der Waals surface area contributed by atoms with Crippen LogP contribution in [0.25, 0.3) is 28.2 Å². The summed E-state index contributed by atoms with van der Waals surface area (Å²) in [5, 5.41) is 8.84. The fourth-order valence-electron chi connectivity index (χ4n) is 4.57. The molecule has 1 aliphatic heterocycles. The predicted octanol–water partition coefficient (Wildman–Crippen LogP) is 4.84. The molecule has 0 atom stereocenters. The number of imidazole rings is 1. The Bertz CT molecular complexity index is 1390. The minimum atomic E-state index is -4.33. The number of Topliss-reactive ketones (excluding diaryl/α,β-unsaturated/α-hetero) is 1. The molecule has 1 fully saturated rings. The smallest absolute Gasteiger partial charge is 0.355 e. The number of aromatic nitrogens is 4. The van der Waals surface area contributed by atoms with Gasteiger partial charge < -0.3 is 10.6 Å². The number of carbonyl (C=O) groups is 1. The third-order valence-electron chi connectivity index (χ3n) is 6.63. The SMILES string of the molecule is NC1CCN(c2ccc(-c3ccn4c(-c5cccc(CC(=O)CCC(F)(F)F)c5)cnc4c3)nn2)CC1. The number of carbonyl (C=O) groups excluding carboxylic acids is 1. The summed E-state index contributed by atoms with van der Waals surface area (Å²) in [4.78, 5) is 18.8. The van der Waals surface area contributed by atoms with Crippen molar-refractivity contribution in [2.45, 2.75) is 44.3 Å². The van der Waals surface area contributed by atoms with E-state index in [0.29, 0.717) is 5.56 Å². The Morgan fingerprint density at radius 1 is 1.03 bits per heavy atom. The van der Waals surface area contributed by atoms with E-state index in [2.05, 4.69) is 20.1 Å². The molecule has 7 nitrogen and oxygen atoms in total. The molecule has 1 aromatic carbocycles. The molecule has 192 valence electrons. The van der Waals surface area contributed by atoms with Crippen LogP contribution >= 0.6 is 0 Å². The van der Waals surface area contributed by atoms with Crippen LogP contribution < -0.4 is 10.6 Å². The predicted molar refractivity (Wildman–Crippen MR) is 135 cm³/mol. The van der Waals surface area contributed by atoms with Gasteiger partial charge in [0.25, 0.3) is 0 Å². The topological polar surface area (TPSA) is 89.4 Å². The quantitative estimate of drug-likeness (QED) is 0.384. The summed E-state index contributed by atoms with van der Waals surface area (Å²) in [6.45, 7) is 1.75. The molecule has 0 radical (unpaired) electrons. The van der Waals surface area contributed by atoms with Crippen LogP contribution in [0, 0.1) is 0 Å². The average molecular weight is 509 g/mol. The molecule has 0 aliphatic carbocycles. The molecule has 5 rings (SSSR count). The summed E-state index contributed by atoms with van der Waals surface area (Å²) in [6, 6.07) is 15.3. The van der Waals surface area contributed by atoms with Crippen LogP contribution in [0.1, 0.15) is 31.2 Å². The van der Waals surface area contributed by atoms with Gasteiger partial charge in [-0.3, -0.25) is 9.20 Å². The van der Waals surface area contributed by atoms with Crippen molar-refractivity contribution in [1.82, 2.24) is 19.6 Å². The lowest BCUT2D eigenvalue weighted by Gasteiger charge is -2.30. The average Bonchev–Trinajstić information content (AvgIpc) is 3.31. The number of hydrogen-bond donors (Lipinski definition) is 1. The first kappa shape index (κ1) is 24.9. The molecule has 1 saturated heterocycles. The van der Waals surface area contributed by atoms with Crippen molar-refractivity contribution in [3.8, 4) is 22.5 Å². The minimum Gasteiger partial charge on any atom is -0.355 e. The van der Waals surface area contributed by atoms with Gasteiger partial charge in [0.1, 0.15) is 11.4 Å². The van der Waals surface area contributed by atoms with Gasteiger partial charge in [0.15, 0.2) is 5.82 Å². The Hall–Kier alpha value is -3.79. The fourth-order valence-corrected chi connectivity index (χ4v) is 4.57. The van der Waals surface area contributed by atoms with Crippen molar-refractivity contribution >= 4 is 17.2 Å². The van der Waals surface area contributed by atoms with Crippen molar-refractivity contribution in [3.05, 3.63) is 66.5 Å². The standard InChI is InChI=1S/C27H27F3N6O/c28-27(29,30)10-6-22(37)15-18-2-1-3-20(14-18)24-17-32-26-16-19(7-13-36(24)26)23-4-5-25(34-33-23)35-11-8-21(31)9-12-35/h1-5,7,13-14,16-17,21H,6,8-12,15,31H2. The Morgan fingerprint density at radius 3 is 2.57 bits per heavy atom. The van der Waals surface area contributed by atoms with E-state index in [1.165, 1.54) is 0 Å². The highest BCUT2D eigenvalue weighted by Gasteiger charge is 2.27. The van der Waals surface area contributed by atoms with Crippen LogP contribution in [-0.2, 0) is 11.2 Å². The second-order valence-corrected chi connectivity index (χ2v) is 9.42. The largest absolute Gasteiger partial charge is 0.389 e. The summed E-state index contributed by atoms with van der Waals surface area (Å²) in [5.74, 6) is 0.407. The first-order chi connectivity index (χ1) is 17.7. The van der Waals surface area contributed by atoms with Gasteiger partial charge in [-0.05, 0) is 48.7 Å². The summed E-state index contributed by atoms with van der Waals surface area (Å²) in [6.07, 6.45) is -0.454. The van der Waals surface area contributed by atoms with Crippen LogP contribution in [0.4, 0.5) is 19.0 Å². The molecular weight excluding hydrogens is 481 g/mol. The molecule has 0 amide bonds. The number of nitrogens with two attached hydrogens (primary N) is 1. The van der Waals surface area contributed by atoms with E-state index in [4.69, 9.17) is 5.73 Å². The second kappa shape index (κ2) is 10.3. The molecule has 4 aromatic rings. The molecular formula is C27H27F3N6O. The highest BCUT2D eigenvalue weighted by atomic mass is 19.4. The maximum Gasteiger partial charge on any atom is 0.389 e. The number of piperidine rings is 1. The van der Waals surface area contributed by atoms with Crippen molar-refractivity contribution in [1.29, 1.82) is 0 Å². The van der Waals surface area contributed by atoms with Gasteiger partial charge in [0.2, 0.25) is 0 Å². The van der Waals surface area contributed by atoms with Crippen molar-refractivity contribution < 1.29 is 18.0 Å². The Balaban J connectivity index is 1.31. The first-order valence-corrected chi connectivity index (χ1v) is 12.2. The van der Waals surface area contributed by atoms with Crippen LogP contribution in [0.15, 0.2) is 60.9 Å². The summed E-state index contributed by atoms with van der Waals surface area (Å²) < 4.78 is 39.2. The molecule has 0 bridgehead atoms. The van der Waals surface area contributed by atoms with Crippen LogP contribution in [-0.4, -0.2) is 50.7 Å². The third-order valence-corrected chi connectivity index (χ3v) is 6.63. The van der Waals surface area contributed by atoms with E-state index in [1.54, 1.807) is 18.3 Å². The number of fused-ring (bicyclic) bond motifs is 1. The van der Waals surface area contributed by atoms with Crippen molar-refractivity contribution in [3.63, 3.8) is 0 Å². The number of ketones is 1. The number of halogens is 3. The molecule has 1 aliphatic rings. The molecule has 0 unspecified atom stereocenters. The van der Waals surface area contributed by atoms with Gasteiger partial charge in [0.05, 0.1) is 24.0 Å². The zero-order valence-electron chi connectivity index (χ0n) is 20.2.